The summed E-state index contributed by atoms with van der Waals surface area (Å²) in [6.07, 6.45) is 3.20. The molecule has 2 aliphatic rings. The molecule has 0 unspecified atom stereocenters. The molecule has 27 heavy (non-hydrogen) atoms. The first-order chi connectivity index (χ1) is 13.0. The lowest BCUT2D eigenvalue weighted by Crippen LogP contribution is -2.49. The fraction of sp³-hybridized carbons (Fsp3) is 0.450. The van der Waals surface area contributed by atoms with E-state index in [1.165, 1.54) is 30.5 Å². The third-order valence-corrected chi connectivity index (χ3v) is 4.95. The van der Waals surface area contributed by atoms with Crippen molar-refractivity contribution in [2.24, 2.45) is 4.99 Å². The number of hydrogen-bond donors (Lipinski definition) is 1. The predicted molar refractivity (Wildman–Crippen MR) is 101 cm³/mol. The standard InChI is InChI=1S/C20H24FN3O3/c21-16-6-4-15(5-7-16)20(27)24-12-10-23(11-13-24)9-8-22-14-17-18(25)2-1-3-19(17)26/h4-7,14,25H,1-3,8-13H2. The van der Waals surface area contributed by atoms with Gasteiger partial charge < -0.3 is 10.0 Å². The molecule has 1 heterocycles. The quantitative estimate of drug-likeness (QED) is 0.804. The zero-order valence-corrected chi connectivity index (χ0v) is 15.2. The number of carbonyl (C=O) groups is 2. The van der Waals surface area contributed by atoms with Crippen LogP contribution in [0.25, 0.3) is 0 Å². The van der Waals surface area contributed by atoms with Crippen molar-refractivity contribution in [2.75, 3.05) is 39.3 Å². The molecule has 144 valence electrons. The van der Waals surface area contributed by atoms with Crippen molar-refractivity contribution < 1.29 is 19.1 Å². The average molecular weight is 373 g/mol. The summed E-state index contributed by atoms with van der Waals surface area (Å²) in [6.45, 7) is 3.99. The van der Waals surface area contributed by atoms with Gasteiger partial charge in [0.25, 0.3) is 5.91 Å². The number of Topliss-reactive ketones (excluding diaryl/α,β-unsaturated/α-hetero) is 1. The van der Waals surface area contributed by atoms with E-state index >= 15 is 0 Å². The molecule has 1 amide bonds. The lowest BCUT2D eigenvalue weighted by Gasteiger charge is -2.34. The maximum atomic E-state index is 13.0. The van der Waals surface area contributed by atoms with E-state index < -0.39 is 0 Å². The number of rotatable bonds is 5. The van der Waals surface area contributed by atoms with Gasteiger partial charge in [-0.2, -0.15) is 0 Å². The number of aliphatic hydroxyl groups is 1. The third kappa shape index (κ3) is 5.01. The number of amides is 1. The Morgan fingerprint density at radius 3 is 2.52 bits per heavy atom. The molecular weight excluding hydrogens is 349 g/mol. The Morgan fingerprint density at radius 1 is 1.15 bits per heavy atom. The molecule has 1 fully saturated rings. The molecule has 0 saturated carbocycles. The zero-order chi connectivity index (χ0) is 19.2. The number of halogens is 1. The van der Waals surface area contributed by atoms with Gasteiger partial charge in [-0.05, 0) is 30.7 Å². The second kappa shape index (κ2) is 8.90. The minimum atomic E-state index is -0.351. The first-order valence-corrected chi connectivity index (χ1v) is 9.27. The number of aliphatic hydroxyl groups excluding tert-OH is 1. The maximum Gasteiger partial charge on any atom is 0.253 e. The monoisotopic (exact) mass is 373 g/mol. The second-order valence-corrected chi connectivity index (χ2v) is 6.81. The summed E-state index contributed by atoms with van der Waals surface area (Å²) in [6, 6.07) is 5.61. The largest absolute Gasteiger partial charge is 0.512 e. The van der Waals surface area contributed by atoms with Gasteiger partial charge in [0.15, 0.2) is 5.78 Å². The molecule has 0 radical (unpaired) electrons. The SMILES string of the molecule is O=C1CCCC(O)=C1C=NCCN1CCN(C(=O)c2ccc(F)cc2)CC1. The highest BCUT2D eigenvalue weighted by atomic mass is 19.1. The smallest absolute Gasteiger partial charge is 0.253 e. The first kappa shape index (κ1) is 19.2. The van der Waals surface area contributed by atoms with Crippen LogP contribution in [0, 0.1) is 5.82 Å². The highest BCUT2D eigenvalue weighted by Gasteiger charge is 2.22. The Balaban J connectivity index is 1.43. The summed E-state index contributed by atoms with van der Waals surface area (Å²) in [5.74, 6) is -0.333. The van der Waals surface area contributed by atoms with Gasteiger partial charge in [0, 0.05) is 57.3 Å². The molecule has 0 spiro atoms. The van der Waals surface area contributed by atoms with Gasteiger partial charge in [0.2, 0.25) is 0 Å². The Kier molecular flexibility index (Phi) is 6.34. The van der Waals surface area contributed by atoms with E-state index in [0.717, 1.165) is 19.6 Å². The van der Waals surface area contributed by atoms with Crippen LogP contribution in [-0.2, 0) is 4.79 Å². The lowest BCUT2D eigenvalue weighted by molar-refractivity contribution is -0.115. The van der Waals surface area contributed by atoms with Crippen molar-refractivity contribution in [3.8, 4) is 0 Å². The zero-order valence-electron chi connectivity index (χ0n) is 15.2. The number of hydrogen-bond acceptors (Lipinski definition) is 5. The third-order valence-electron chi connectivity index (χ3n) is 4.95. The summed E-state index contributed by atoms with van der Waals surface area (Å²) in [5.41, 5.74) is 0.843. The van der Waals surface area contributed by atoms with E-state index in [-0.39, 0.29) is 23.3 Å². The number of piperazine rings is 1. The summed E-state index contributed by atoms with van der Waals surface area (Å²) in [7, 11) is 0. The molecule has 1 aromatic rings. The van der Waals surface area contributed by atoms with E-state index in [0.29, 0.717) is 50.0 Å². The van der Waals surface area contributed by atoms with Crippen molar-refractivity contribution in [1.29, 1.82) is 0 Å². The molecule has 1 saturated heterocycles. The van der Waals surface area contributed by atoms with Gasteiger partial charge in [-0.25, -0.2) is 4.39 Å². The molecule has 1 aromatic carbocycles. The van der Waals surface area contributed by atoms with Crippen molar-refractivity contribution in [3.63, 3.8) is 0 Å². The minimum absolute atomic E-state index is 0.0459. The fourth-order valence-electron chi connectivity index (χ4n) is 3.30. The highest BCUT2D eigenvalue weighted by molar-refractivity contribution is 6.14. The number of aliphatic imine (C=N–C) groups is 1. The van der Waals surface area contributed by atoms with E-state index in [1.807, 2.05) is 0 Å². The van der Waals surface area contributed by atoms with Gasteiger partial charge in [-0.15, -0.1) is 0 Å². The Labute approximate surface area is 158 Å². The van der Waals surface area contributed by atoms with Crippen LogP contribution in [0.5, 0.6) is 0 Å². The van der Waals surface area contributed by atoms with Gasteiger partial charge >= 0.3 is 0 Å². The second-order valence-electron chi connectivity index (χ2n) is 6.81. The number of ketones is 1. The van der Waals surface area contributed by atoms with Gasteiger partial charge in [0.05, 0.1) is 12.1 Å². The van der Waals surface area contributed by atoms with Crippen LogP contribution in [0.4, 0.5) is 4.39 Å². The summed E-state index contributed by atoms with van der Waals surface area (Å²) >= 11 is 0. The number of benzene rings is 1. The van der Waals surface area contributed by atoms with E-state index in [4.69, 9.17) is 0 Å². The fourth-order valence-corrected chi connectivity index (χ4v) is 3.30. The Morgan fingerprint density at radius 2 is 1.85 bits per heavy atom. The molecule has 0 atom stereocenters. The van der Waals surface area contributed by atoms with Crippen LogP contribution in [-0.4, -0.2) is 72.1 Å². The van der Waals surface area contributed by atoms with E-state index in [1.54, 1.807) is 4.90 Å². The van der Waals surface area contributed by atoms with Crippen LogP contribution in [0.3, 0.4) is 0 Å². The molecule has 1 aliphatic carbocycles. The van der Waals surface area contributed by atoms with Crippen LogP contribution in [0.1, 0.15) is 29.6 Å². The molecule has 7 heteroatoms. The topological polar surface area (TPSA) is 73.2 Å². The molecule has 6 nitrogen and oxygen atoms in total. The van der Waals surface area contributed by atoms with Crippen LogP contribution in [0.15, 0.2) is 40.6 Å². The molecule has 0 bridgehead atoms. The van der Waals surface area contributed by atoms with Crippen molar-refractivity contribution in [1.82, 2.24) is 9.80 Å². The predicted octanol–water partition coefficient (Wildman–Crippen LogP) is 2.22. The number of allylic oxidation sites excluding steroid dienone is 2. The van der Waals surface area contributed by atoms with E-state index in [2.05, 4.69) is 9.89 Å². The minimum Gasteiger partial charge on any atom is -0.512 e. The molecule has 1 aliphatic heterocycles. The van der Waals surface area contributed by atoms with Crippen LogP contribution in [0.2, 0.25) is 0 Å². The number of nitrogens with zero attached hydrogens (tertiary/aromatic N) is 3. The Bertz CT molecular complexity index is 750. The van der Waals surface area contributed by atoms with Crippen molar-refractivity contribution >= 4 is 17.9 Å². The molecule has 1 N–H and O–H groups in total. The van der Waals surface area contributed by atoms with Gasteiger partial charge in [-0.1, -0.05) is 0 Å². The average Bonchev–Trinajstić information content (AvgIpc) is 2.67. The molecule has 0 aromatic heterocycles. The van der Waals surface area contributed by atoms with Crippen LogP contribution >= 0.6 is 0 Å². The van der Waals surface area contributed by atoms with E-state index in [9.17, 15) is 19.1 Å². The first-order valence-electron chi connectivity index (χ1n) is 9.27. The molecular formula is C20H24FN3O3. The van der Waals surface area contributed by atoms with Gasteiger partial charge in [-0.3, -0.25) is 19.5 Å². The highest BCUT2D eigenvalue weighted by Crippen LogP contribution is 2.18. The summed E-state index contributed by atoms with van der Waals surface area (Å²) < 4.78 is 13.0. The Hall–Kier alpha value is -2.54. The summed E-state index contributed by atoms with van der Waals surface area (Å²) in [4.78, 5) is 32.4. The molecule has 3 rings (SSSR count). The lowest BCUT2D eigenvalue weighted by atomic mass is 9.97. The maximum absolute atomic E-state index is 13.0. The van der Waals surface area contributed by atoms with Gasteiger partial charge in [0.1, 0.15) is 11.6 Å². The summed E-state index contributed by atoms with van der Waals surface area (Å²) in [5, 5.41) is 9.78. The normalized spacial score (nSPS) is 19.1. The van der Waals surface area contributed by atoms with Crippen LogP contribution < -0.4 is 0 Å². The van der Waals surface area contributed by atoms with Crippen molar-refractivity contribution in [3.05, 3.63) is 47.0 Å². The van der Waals surface area contributed by atoms with Crippen molar-refractivity contribution in [2.45, 2.75) is 19.3 Å². The number of carbonyl (C=O) groups excluding carboxylic acids is 2.